The summed E-state index contributed by atoms with van der Waals surface area (Å²) in [5.74, 6) is 0. The summed E-state index contributed by atoms with van der Waals surface area (Å²) in [6.45, 7) is 8.64. The molecule has 0 aliphatic carbocycles. The van der Waals surface area contributed by atoms with Gasteiger partial charge in [0.2, 0.25) is 0 Å². The van der Waals surface area contributed by atoms with E-state index in [2.05, 4.69) is 5.32 Å². The summed E-state index contributed by atoms with van der Waals surface area (Å²) in [5.41, 5.74) is -0.307. The minimum absolute atomic E-state index is 0.0707. The maximum atomic E-state index is 9.58. The number of β-amino-alcohol motifs (C(OH)–C–C–N with tert-alkyl or cyclic N) is 1. The van der Waals surface area contributed by atoms with Crippen molar-refractivity contribution in [1.29, 1.82) is 0 Å². The van der Waals surface area contributed by atoms with Gasteiger partial charge in [-0.1, -0.05) is 6.92 Å². The van der Waals surface area contributed by atoms with Gasteiger partial charge in [-0.15, -0.1) is 0 Å². The zero-order chi connectivity index (χ0) is 11.9. The van der Waals surface area contributed by atoms with Gasteiger partial charge in [-0.2, -0.15) is 0 Å². The Balaban J connectivity index is 3.73. The third kappa shape index (κ3) is 6.84. The minimum Gasteiger partial charge on any atom is -0.394 e. The second kappa shape index (κ2) is 7.17. The number of ether oxygens (including phenoxy) is 1. The lowest BCUT2D eigenvalue weighted by atomic mass is 10.0. The number of rotatable bonds is 8. The standard InChI is InChI=1S/C11H25NO3/c1-5-11(4,8-13)12-6-10(14)7-15-9(2)3/h9-10,12-14H,5-8H2,1-4H3. The highest BCUT2D eigenvalue weighted by atomic mass is 16.5. The molecule has 0 bridgehead atoms. The highest BCUT2D eigenvalue weighted by Crippen LogP contribution is 2.07. The van der Waals surface area contributed by atoms with E-state index in [0.717, 1.165) is 6.42 Å². The van der Waals surface area contributed by atoms with Crippen LogP contribution in [0, 0.1) is 0 Å². The van der Waals surface area contributed by atoms with E-state index in [-0.39, 0.29) is 18.2 Å². The van der Waals surface area contributed by atoms with Crippen LogP contribution in [-0.4, -0.2) is 47.7 Å². The van der Waals surface area contributed by atoms with Crippen molar-refractivity contribution in [2.75, 3.05) is 19.8 Å². The summed E-state index contributed by atoms with van der Waals surface area (Å²) in [7, 11) is 0. The van der Waals surface area contributed by atoms with Crippen LogP contribution in [0.5, 0.6) is 0 Å². The molecule has 0 amide bonds. The molecule has 0 heterocycles. The van der Waals surface area contributed by atoms with Gasteiger partial charge in [0.15, 0.2) is 0 Å². The van der Waals surface area contributed by atoms with Crippen LogP contribution in [0.3, 0.4) is 0 Å². The van der Waals surface area contributed by atoms with Crippen LogP contribution in [0.2, 0.25) is 0 Å². The Morgan fingerprint density at radius 2 is 2.00 bits per heavy atom. The number of aliphatic hydroxyl groups is 2. The van der Waals surface area contributed by atoms with E-state index in [1.807, 2.05) is 27.7 Å². The summed E-state index contributed by atoms with van der Waals surface area (Å²) in [6.07, 6.45) is 0.432. The summed E-state index contributed by atoms with van der Waals surface area (Å²) in [5, 5.41) is 21.9. The SMILES string of the molecule is CCC(C)(CO)NCC(O)COC(C)C. The zero-order valence-corrected chi connectivity index (χ0v) is 10.3. The van der Waals surface area contributed by atoms with Gasteiger partial charge in [0.25, 0.3) is 0 Å². The van der Waals surface area contributed by atoms with E-state index in [4.69, 9.17) is 9.84 Å². The van der Waals surface area contributed by atoms with E-state index in [1.165, 1.54) is 0 Å². The van der Waals surface area contributed by atoms with Crippen molar-refractivity contribution >= 4 is 0 Å². The van der Waals surface area contributed by atoms with Crippen molar-refractivity contribution in [3.63, 3.8) is 0 Å². The average Bonchev–Trinajstić information content (AvgIpc) is 2.23. The molecular weight excluding hydrogens is 194 g/mol. The molecule has 2 atom stereocenters. The monoisotopic (exact) mass is 219 g/mol. The number of nitrogens with one attached hydrogen (secondary N) is 1. The smallest absolute Gasteiger partial charge is 0.0898 e. The number of aliphatic hydroxyl groups excluding tert-OH is 2. The molecule has 0 radical (unpaired) electrons. The predicted molar refractivity (Wildman–Crippen MR) is 60.9 cm³/mol. The molecule has 15 heavy (non-hydrogen) atoms. The third-order valence-electron chi connectivity index (χ3n) is 2.52. The third-order valence-corrected chi connectivity index (χ3v) is 2.52. The summed E-state index contributed by atoms with van der Waals surface area (Å²) < 4.78 is 5.28. The fraction of sp³-hybridized carbons (Fsp3) is 1.00. The van der Waals surface area contributed by atoms with Crippen LogP contribution in [0.1, 0.15) is 34.1 Å². The molecule has 0 rings (SSSR count). The molecule has 4 nitrogen and oxygen atoms in total. The molecule has 0 aliphatic rings. The molecular formula is C11H25NO3. The highest BCUT2D eigenvalue weighted by molar-refractivity contribution is 4.81. The normalized spacial score (nSPS) is 17.8. The Labute approximate surface area is 92.6 Å². The van der Waals surface area contributed by atoms with Gasteiger partial charge in [-0.25, -0.2) is 0 Å². The molecule has 0 aromatic rings. The first-order chi connectivity index (χ1) is 6.93. The molecule has 92 valence electrons. The predicted octanol–water partition coefficient (Wildman–Crippen LogP) is 0.523. The second-order valence-corrected chi connectivity index (χ2v) is 4.49. The first kappa shape index (κ1) is 14.8. The van der Waals surface area contributed by atoms with Gasteiger partial charge in [-0.3, -0.25) is 0 Å². The molecule has 0 aromatic heterocycles. The van der Waals surface area contributed by atoms with E-state index >= 15 is 0 Å². The van der Waals surface area contributed by atoms with Crippen LogP contribution >= 0.6 is 0 Å². The fourth-order valence-electron chi connectivity index (χ4n) is 1.02. The van der Waals surface area contributed by atoms with E-state index < -0.39 is 6.10 Å². The molecule has 0 saturated heterocycles. The van der Waals surface area contributed by atoms with Crippen molar-refractivity contribution in [2.45, 2.75) is 51.9 Å². The van der Waals surface area contributed by atoms with E-state index in [9.17, 15) is 5.11 Å². The number of hydrogen-bond donors (Lipinski definition) is 3. The Kier molecular flexibility index (Phi) is 7.09. The van der Waals surface area contributed by atoms with Crippen molar-refractivity contribution in [3.8, 4) is 0 Å². The van der Waals surface area contributed by atoms with Gasteiger partial charge in [0, 0.05) is 12.1 Å². The van der Waals surface area contributed by atoms with Gasteiger partial charge < -0.3 is 20.3 Å². The molecule has 0 aromatic carbocycles. The van der Waals surface area contributed by atoms with Gasteiger partial charge in [0.1, 0.15) is 0 Å². The molecule has 3 N–H and O–H groups in total. The molecule has 2 unspecified atom stereocenters. The lowest BCUT2D eigenvalue weighted by molar-refractivity contribution is 0.00191. The van der Waals surface area contributed by atoms with Crippen LogP contribution in [0.15, 0.2) is 0 Å². The van der Waals surface area contributed by atoms with Crippen molar-refractivity contribution in [1.82, 2.24) is 5.32 Å². The maximum absolute atomic E-state index is 9.58. The molecule has 4 heteroatoms. The van der Waals surface area contributed by atoms with Crippen molar-refractivity contribution in [2.24, 2.45) is 0 Å². The zero-order valence-electron chi connectivity index (χ0n) is 10.3. The Morgan fingerprint density at radius 3 is 2.40 bits per heavy atom. The Bertz CT molecular complexity index is 158. The first-order valence-electron chi connectivity index (χ1n) is 5.59. The van der Waals surface area contributed by atoms with Gasteiger partial charge in [0.05, 0.1) is 25.4 Å². The topological polar surface area (TPSA) is 61.7 Å². The minimum atomic E-state index is -0.523. The molecule has 0 saturated carbocycles. The average molecular weight is 219 g/mol. The molecule has 0 spiro atoms. The van der Waals surface area contributed by atoms with Crippen molar-refractivity contribution < 1.29 is 14.9 Å². The maximum Gasteiger partial charge on any atom is 0.0898 e. The van der Waals surface area contributed by atoms with Crippen LogP contribution in [0.25, 0.3) is 0 Å². The second-order valence-electron chi connectivity index (χ2n) is 4.49. The summed E-state index contributed by atoms with van der Waals surface area (Å²) >= 11 is 0. The fourth-order valence-corrected chi connectivity index (χ4v) is 1.02. The molecule has 0 fully saturated rings. The first-order valence-corrected chi connectivity index (χ1v) is 5.59. The summed E-state index contributed by atoms with van der Waals surface area (Å²) in [6, 6.07) is 0. The lowest BCUT2D eigenvalue weighted by Crippen LogP contribution is -2.48. The van der Waals surface area contributed by atoms with Crippen LogP contribution < -0.4 is 5.32 Å². The van der Waals surface area contributed by atoms with Gasteiger partial charge in [-0.05, 0) is 27.2 Å². The van der Waals surface area contributed by atoms with Crippen LogP contribution in [0.4, 0.5) is 0 Å². The van der Waals surface area contributed by atoms with Crippen LogP contribution in [-0.2, 0) is 4.74 Å². The number of hydrogen-bond acceptors (Lipinski definition) is 4. The van der Waals surface area contributed by atoms with E-state index in [1.54, 1.807) is 0 Å². The summed E-state index contributed by atoms with van der Waals surface area (Å²) in [4.78, 5) is 0. The van der Waals surface area contributed by atoms with Crippen molar-refractivity contribution in [3.05, 3.63) is 0 Å². The van der Waals surface area contributed by atoms with E-state index in [0.29, 0.717) is 13.2 Å². The Morgan fingerprint density at radius 1 is 1.40 bits per heavy atom. The largest absolute Gasteiger partial charge is 0.394 e. The van der Waals surface area contributed by atoms with Gasteiger partial charge >= 0.3 is 0 Å². The lowest BCUT2D eigenvalue weighted by Gasteiger charge is -2.28. The Hall–Kier alpha value is -0.160. The molecule has 0 aliphatic heterocycles. The highest BCUT2D eigenvalue weighted by Gasteiger charge is 2.21. The quantitative estimate of drug-likeness (QED) is 0.557.